The highest BCUT2D eigenvalue weighted by Crippen LogP contribution is 2.26. The zero-order valence-electron chi connectivity index (χ0n) is 11.2. The summed E-state index contributed by atoms with van der Waals surface area (Å²) in [6.45, 7) is 8.76. The van der Waals surface area contributed by atoms with Crippen LogP contribution in [0.25, 0.3) is 0 Å². The summed E-state index contributed by atoms with van der Waals surface area (Å²) < 4.78 is 5.58. The second-order valence-electron chi connectivity index (χ2n) is 5.16. The summed E-state index contributed by atoms with van der Waals surface area (Å²) in [6, 6.07) is 0. The monoisotopic (exact) mass is 231 g/mol. The molecule has 0 amide bonds. The Kier molecular flexibility index (Phi) is 8.90. The van der Waals surface area contributed by atoms with Crippen molar-refractivity contribution in [3.05, 3.63) is 0 Å². The molecule has 0 aliphatic carbocycles. The Hall–Kier alpha value is -0.120. The first-order valence-electron chi connectivity index (χ1n) is 6.49. The van der Waals surface area contributed by atoms with Gasteiger partial charge in [0.25, 0.3) is 0 Å². The lowest BCUT2D eigenvalue weighted by Gasteiger charge is -2.30. The number of rotatable bonds is 10. The maximum absolute atomic E-state index is 9.42. The fraction of sp³-hybridized carbons (Fsp3) is 1.00. The summed E-state index contributed by atoms with van der Waals surface area (Å²) in [7, 11) is 0. The van der Waals surface area contributed by atoms with Gasteiger partial charge in [0.2, 0.25) is 0 Å². The van der Waals surface area contributed by atoms with E-state index < -0.39 is 0 Å². The molecule has 0 rings (SSSR count). The van der Waals surface area contributed by atoms with Crippen molar-refractivity contribution < 1.29 is 9.84 Å². The normalized spacial score (nSPS) is 15.4. The SMILES string of the molecule is CCCC(CN)(CO)CCOCCC(C)C. The van der Waals surface area contributed by atoms with Crippen LogP contribution in [0.1, 0.15) is 46.5 Å². The van der Waals surface area contributed by atoms with Gasteiger partial charge in [-0.15, -0.1) is 0 Å². The molecule has 0 aliphatic rings. The van der Waals surface area contributed by atoms with E-state index in [1.165, 1.54) is 0 Å². The van der Waals surface area contributed by atoms with Gasteiger partial charge in [0.1, 0.15) is 0 Å². The van der Waals surface area contributed by atoms with Gasteiger partial charge < -0.3 is 15.6 Å². The van der Waals surface area contributed by atoms with E-state index in [4.69, 9.17) is 10.5 Å². The van der Waals surface area contributed by atoms with Gasteiger partial charge in [-0.2, -0.15) is 0 Å². The van der Waals surface area contributed by atoms with Gasteiger partial charge in [-0.05, 0) is 25.2 Å². The van der Waals surface area contributed by atoms with E-state index in [9.17, 15) is 5.11 Å². The van der Waals surface area contributed by atoms with Gasteiger partial charge in [0.15, 0.2) is 0 Å². The molecular formula is C13H29NO2. The Morgan fingerprint density at radius 3 is 2.38 bits per heavy atom. The first kappa shape index (κ1) is 15.9. The highest BCUT2D eigenvalue weighted by atomic mass is 16.5. The van der Waals surface area contributed by atoms with E-state index in [-0.39, 0.29) is 12.0 Å². The molecule has 0 aromatic heterocycles. The summed E-state index contributed by atoms with van der Waals surface area (Å²) >= 11 is 0. The first-order chi connectivity index (χ1) is 7.60. The zero-order chi connectivity index (χ0) is 12.4. The topological polar surface area (TPSA) is 55.5 Å². The molecule has 3 nitrogen and oxygen atoms in total. The van der Waals surface area contributed by atoms with Crippen molar-refractivity contribution >= 4 is 0 Å². The van der Waals surface area contributed by atoms with Gasteiger partial charge in [-0.1, -0.05) is 27.2 Å². The molecule has 0 bridgehead atoms. The Morgan fingerprint density at radius 1 is 1.25 bits per heavy atom. The summed E-state index contributed by atoms with van der Waals surface area (Å²) in [5, 5.41) is 9.42. The zero-order valence-corrected chi connectivity index (χ0v) is 11.2. The van der Waals surface area contributed by atoms with Crippen LogP contribution in [0.4, 0.5) is 0 Å². The second-order valence-corrected chi connectivity index (χ2v) is 5.16. The molecule has 3 N–H and O–H groups in total. The van der Waals surface area contributed by atoms with Gasteiger partial charge in [0, 0.05) is 31.8 Å². The van der Waals surface area contributed by atoms with Crippen molar-refractivity contribution in [3.63, 3.8) is 0 Å². The molecule has 1 unspecified atom stereocenters. The summed E-state index contributed by atoms with van der Waals surface area (Å²) in [5.74, 6) is 0.688. The largest absolute Gasteiger partial charge is 0.396 e. The molecular weight excluding hydrogens is 202 g/mol. The van der Waals surface area contributed by atoms with E-state index in [1.54, 1.807) is 0 Å². The van der Waals surface area contributed by atoms with E-state index >= 15 is 0 Å². The minimum absolute atomic E-state index is 0.118. The maximum Gasteiger partial charge on any atom is 0.0500 e. The summed E-state index contributed by atoms with van der Waals surface area (Å²) in [6.07, 6.45) is 4.01. The van der Waals surface area contributed by atoms with E-state index in [0.717, 1.165) is 32.3 Å². The van der Waals surface area contributed by atoms with Crippen LogP contribution in [0.5, 0.6) is 0 Å². The van der Waals surface area contributed by atoms with Crippen LogP contribution >= 0.6 is 0 Å². The number of nitrogens with two attached hydrogens (primary N) is 1. The fourth-order valence-corrected chi connectivity index (χ4v) is 1.79. The molecule has 0 aliphatic heterocycles. The number of hydrogen-bond donors (Lipinski definition) is 2. The average Bonchev–Trinajstić information content (AvgIpc) is 2.27. The third-order valence-corrected chi connectivity index (χ3v) is 3.17. The highest BCUT2D eigenvalue weighted by molar-refractivity contribution is 4.79. The van der Waals surface area contributed by atoms with Crippen molar-refractivity contribution in [1.82, 2.24) is 0 Å². The number of ether oxygens (including phenoxy) is 1. The lowest BCUT2D eigenvalue weighted by molar-refractivity contribution is 0.0519. The quantitative estimate of drug-likeness (QED) is 0.567. The molecule has 0 aromatic carbocycles. The molecule has 0 saturated carbocycles. The maximum atomic E-state index is 9.42. The average molecular weight is 231 g/mol. The van der Waals surface area contributed by atoms with Crippen molar-refractivity contribution in [2.24, 2.45) is 17.1 Å². The Labute approximate surface area is 100 Å². The minimum atomic E-state index is -0.118. The Balaban J connectivity index is 3.75. The van der Waals surface area contributed by atoms with E-state index in [2.05, 4.69) is 20.8 Å². The molecule has 0 saturated heterocycles. The van der Waals surface area contributed by atoms with Crippen LogP contribution in [0.3, 0.4) is 0 Å². The molecule has 16 heavy (non-hydrogen) atoms. The van der Waals surface area contributed by atoms with Crippen molar-refractivity contribution in [3.8, 4) is 0 Å². The smallest absolute Gasteiger partial charge is 0.0500 e. The molecule has 98 valence electrons. The third kappa shape index (κ3) is 6.46. The van der Waals surface area contributed by atoms with Crippen LogP contribution in [0.15, 0.2) is 0 Å². The molecule has 3 heteroatoms. The summed E-state index contributed by atoms with van der Waals surface area (Å²) in [5.41, 5.74) is 5.63. The highest BCUT2D eigenvalue weighted by Gasteiger charge is 2.26. The predicted octanol–water partition coefficient (Wildman–Crippen LogP) is 2.18. The van der Waals surface area contributed by atoms with Crippen LogP contribution < -0.4 is 5.73 Å². The number of hydrogen-bond acceptors (Lipinski definition) is 3. The molecule has 0 heterocycles. The Bertz CT molecular complexity index is 156. The van der Waals surface area contributed by atoms with Gasteiger partial charge in [0.05, 0.1) is 0 Å². The van der Waals surface area contributed by atoms with Crippen LogP contribution in [0.2, 0.25) is 0 Å². The fourth-order valence-electron chi connectivity index (χ4n) is 1.79. The molecule has 1 atom stereocenters. The Morgan fingerprint density at radius 2 is 1.94 bits per heavy atom. The standard InChI is InChI=1S/C13H29NO2/c1-4-6-13(10-14,11-15)7-9-16-8-5-12(2)3/h12,15H,4-11,14H2,1-3H3. The second kappa shape index (κ2) is 8.97. The minimum Gasteiger partial charge on any atom is -0.396 e. The lowest BCUT2D eigenvalue weighted by atomic mass is 9.81. The van der Waals surface area contributed by atoms with Crippen molar-refractivity contribution in [2.45, 2.75) is 46.5 Å². The first-order valence-corrected chi connectivity index (χ1v) is 6.49. The predicted molar refractivity (Wildman–Crippen MR) is 68.4 cm³/mol. The van der Waals surface area contributed by atoms with Crippen LogP contribution in [-0.2, 0) is 4.74 Å². The van der Waals surface area contributed by atoms with E-state index in [0.29, 0.717) is 19.1 Å². The molecule has 0 spiro atoms. The van der Waals surface area contributed by atoms with Crippen LogP contribution in [0, 0.1) is 11.3 Å². The van der Waals surface area contributed by atoms with Gasteiger partial charge in [-0.25, -0.2) is 0 Å². The number of aliphatic hydroxyl groups excluding tert-OH is 1. The molecule has 0 aromatic rings. The number of aliphatic hydroxyl groups is 1. The summed E-state index contributed by atoms with van der Waals surface area (Å²) in [4.78, 5) is 0. The molecule has 0 fully saturated rings. The van der Waals surface area contributed by atoms with Gasteiger partial charge >= 0.3 is 0 Å². The van der Waals surface area contributed by atoms with Crippen LogP contribution in [-0.4, -0.2) is 31.5 Å². The van der Waals surface area contributed by atoms with E-state index in [1.807, 2.05) is 0 Å². The third-order valence-electron chi connectivity index (χ3n) is 3.17. The van der Waals surface area contributed by atoms with Crippen molar-refractivity contribution in [1.29, 1.82) is 0 Å². The van der Waals surface area contributed by atoms with Crippen molar-refractivity contribution in [2.75, 3.05) is 26.4 Å². The van der Waals surface area contributed by atoms with Gasteiger partial charge in [-0.3, -0.25) is 0 Å². The lowest BCUT2D eigenvalue weighted by Crippen LogP contribution is -2.35. The molecule has 0 radical (unpaired) electrons.